The molecule has 0 heterocycles. The Balaban J connectivity index is 2.27. The van der Waals surface area contributed by atoms with Crippen LogP contribution in [0.5, 0.6) is 5.75 Å². The summed E-state index contributed by atoms with van der Waals surface area (Å²) in [6.45, 7) is 0.708. The summed E-state index contributed by atoms with van der Waals surface area (Å²) in [5, 5.41) is 1.33. The molecule has 5 heteroatoms. The first-order valence-electron chi connectivity index (χ1n) is 7.38. The van der Waals surface area contributed by atoms with Gasteiger partial charge in [-0.1, -0.05) is 46.8 Å². The molecule has 0 saturated heterocycles. The highest BCUT2D eigenvalue weighted by molar-refractivity contribution is 9.09. The van der Waals surface area contributed by atoms with E-state index in [9.17, 15) is 4.79 Å². The highest BCUT2D eigenvalue weighted by Gasteiger charge is 2.27. The van der Waals surface area contributed by atoms with E-state index >= 15 is 0 Å². The fraction of sp³-hybridized carbons (Fsp3) is 0.562. The molecule has 2 rings (SSSR count). The number of rotatable bonds is 5. The van der Waals surface area contributed by atoms with Crippen molar-refractivity contribution in [3.05, 3.63) is 28.8 Å². The molecule has 0 bridgehead atoms. The number of halogens is 2. The van der Waals surface area contributed by atoms with Crippen molar-refractivity contribution >= 4 is 33.4 Å². The third-order valence-electron chi connectivity index (χ3n) is 3.99. The van der Waals surface area contributed by atoms with Crippen LogP contribution in [0.1, 0.15) is 42.5 Å². The molecule has 0 aromatic heterocycles. The molecule has 1 amide bonds. The maximum absolute atomic E-state index is 12.9. The van der Waals surface area contributed by atoms with Crippen molar-refractivity contribution in [1.82, 2.24) is 4.90 Å². The van der Waals surface area contributed by atoms with Gasteiger partial charge < -0.3 is 9.64 Å². The molecule has 1 fully saturated rings. The quantitative estimate of drug-likeness (QED) is 0.709. The lowest BCUT2D eigenvalue weighted by atomic mass is 9.93. The normalized spacial score (nSPS) is 15.8. The zero-order chi connectivity index (χ0) is 15.2. The van der Waals surface area contributed by atoms with Crippen molar-refractivity contribution in [3.63, 3.8) is 0 Å². The zero-order valence-electron chi connectivity index (χ0n) is 12.3. The van der Waals surface area contributed by atoms with Gasteiger partial charge in [-0.05, 0) is 31.0 Å². The van der Waals surface area contributed by atoms with Crippen molar-refractivity contribution < 1.29 is 9.53 Å². The van der Waals surface area contributed by atoms with Gasteiger partial charge in [0.1, 0.15) is 5.75 Å². The molecular weight excluding hydrogens is 354 g/mol. The van der Waals surface area contributed by atoms with E-state index < -0.39 is 0 Å². The van der Waals surface area contributed by atoms with E-state index in [4.69, 9.17) is 16.3 Å². The number of carbonyl (C=O) groups excluding carboxylic acids is 1. The molecule has 3 nitrogen and oxygen atoms in total. The first-order chi connectivity index (χ1) is 10.2. The summed E-state index contributed by atoms with van der Waals surface area (Å²) < 4.78 is 5.32. The fourth-order valence-electron chi connectivity index (χ4n) is 2.94. The van der Waals surface area contributed by atoms with Crippen LogP contribution in [0.4, 0.5) is 0 Å². The molecule has 1 saturated carbocycles. The van der Waals surface area contributed by atoms with Gasteiger partial charge in [0.15, 0.2) is 0 Å². The molecule has 1 aliphatic rings. The van der Waals surface area contributed by atoms with Crippen molar-refractivity contribution in [2.45, 2.75) is 38.1 Å². The van der Waals surface area contributed by atoms with E-state index in [-0.39, 0.29) is 5.91 Å². The zero-order valence-corrected chi connectivity index (χ0v) is 14.6. The fourth-order valence-corrected chi connectivity index (χ4v) is 3.49. The van der Waals surface area contributed by atoms with Gasteiger partial charge in [-0.25, -0.2) is 0 Å². The summed E-state index contributed by atoms with van der Waals surface area (Å²) in [6.07, 6.45) is 5.84. The first kappa shape index (κ1) is 16.6. The smallest absolute Gasteiger partial charge is 0.257 e. The minimum atomic E-state index is 0.0145. The molecule has 21 heavy (non-hydrogen) atoms. The van der Waals surface area contributed by atoms with Crippen LogP contribution in [0.2, 0.25) is 5.02 Å². The number of ether oxygens (including phenoxy) is 1. The monoisotopic (exact) mass is 373 g/mol. The molecule has 1 aliphatic carbocycles. The Morgan fingerprint density at radius 1 is 1.38 bits per heavy atom. The van der Waals surface area contributed by atoms with E-state index in [1.807, 2.05) is 4.90 Å². The highest BCUT2D eigenvalue weighted by Crippen LogP contribution is 2.28. The second-order valence-corrected chi connectivity index (χ2v) is 6.55. The van der Waals surface area contributed by atoms with Crippen molar-refractivity contribution in [3.8, 4) is 5.75 Å². The number of benzene rings is 1. The van der Waals surface area contributed by atoms with Gasteiger partial charge in [0.05, 0.1) is 12.7 Å². The van der Waals surface area contributed by atoms with Gasteiger partial charge in [-0.15, -0.1) is 0 Å². The summed E-state index contributed by atoms with van der Waals surface area (Å²) in [4.78, 5) is 14.9. The lowest BCUT2D eigenvalue weighted by Gasteiger charge is -2.34. The van der Waals surface area contributed by atoms with Crippen LogP contribution in [0.25, 0.3) is 0 Å². The number of nitrogens with zero attached hydrogens (tertiary/aromatic N) is 1. The molecule has 0 radical (unpaired) electrons. The SMILES string of the molecule is COc1ccc(Cl)cc1C(=O)N(CCBr)C1CCCCC1. The highest BCUT2D eigenvalue weighted by atomic mass is 79.9. The average molecular weight is 375 g/mol. The van der Waals surface area contributed by atoms with E-state index in [0.717, 1.165) is 18.2 Å². The second-order valence-electron chi connectivity index (χ2n) is 5.32. The Labute approximate surface area is 139 Å². The average Bonchev–Trinajstić information content (AvgIpc) is 2.52. The van der Waals surface area contributed by atoms with Gasteiger partial charge in [0.2, 0.25) is 0 Å². The summed E-state index contributed by atoms with van der Waals surface area (Å²) >= 11 is 9.51. The predicted octanol–water partition coefficient (Wildman–Crippen LogP) is 4.52. The molecular formula is C16H21BrClNO2. The van der Waals surface area contributed by atoms with Crippen LogP contribution < -0.4 is 4.74 Å². The second kappa shape index (κ2) is 8.04. The van der Waals surface area contributed by atoms with Gasteiger partial charge in [0.25, 0.3) is 5.91 Å². The number of methoxy groups -OCH3 is 1. The lowest BCUT2D eigenvalue weighted by Crippen LogP contribution is -2.42. The number of amides is 1. The maximum Gasteiger partial charge on any atom is 0.257 e. The van der Waals surface area contributed by atoms with Gasteiger partial charge in [-0.2, -0.15) is 0 Å². The molecule has 0 atom stereocenters. The van der Waals surface area contributed by atoms with Crippen molar-refractivity contribution in [1.29, 1.82) is 0 Å². The van der Waals surface area contributed by atoms with Crippen LogP contribution in [0.15, 0.2) is 18.2 Å². The van der Waals surface area contributed by atoms with Crippen molar-refractivity contribution in [2.24, 2.45) is 0 Å². The third kappa shape index (κ3) is 4.13. The van der Waals surface area contributed by atoms with Crippen LogP contribution in [0, 0.1) is 0 Å². The largest absolute Gasteiger partial charge is 0.496 e. The number of alkyl halides is 1. The number of hydrogen-bond acceptors (Lipinski definition) is 2. The Hall–Kier alpha value is -0.740. The van der Waals surface area contributed by atoms with Crippen LogP contribution in [-0.2, 0) is 0 Å². The minimum absolute atomic E-state index is 0.0145. The minimum Gasteiger partial charge on any atom is -0.496 e. The molecule has 1 aromatic carbocycles. The van der Waals surface area contributed by atoms with Crippen LogP contribution in [-0.4, -0.2) is 35.8 Å². The Morgan fingerprint density at radius 2 is 2.10 bits per heavy atom. The van der Waals surface area contributed by atoms with Gasteiger partial charge in [0, 0.05) is 22.9 Å². The molecule has 116 valence electrons. The van der Waals surface area contributed by atoms with E-state index in [2.05, 4.69) is 15.9 Å². The topological polar surface area (TPSA) is 29.5 Å². The Kier molecular flexibility index (Phi) is 6.37. The van der Waals surface area contributed by atoms with E-state index in [1.165, 1.54) is 19.3 Å². The molecule has 0 unspecified atom stereocenters. The van der Waals surface area contributed by atoms with E-state index in [1.54, 1.807) is 25.3 Å². The Bertz CT molecular complexity index is 489. The van der Waals surface area contributed by atoms with Crippen LogP contribution >= 0.6 is 27.5 Å². The molecule has 0 spiro atoms. The van der Waals surface area contributed by atoms with Crippen molar-refractivity contribution in [2.75, 3.05) is 19.0 Å². The first-order valence-corrected chi connectivity index (χ1v) is 8.87. The molecule has 0 aliphatic heterocycles. The maximum atomic E-state index is 12.9. The summed E-state index contributed by atoms with van der Waals surface area (Å²) in [6, 6.07) is 5.52. The standard InChI is InChI=1S/C16H21BrClNO2/c1-21-15-8-7-12(18)11-14(15)16(20)19(10-9-17)13-5-3-2-4-6-13/h7-8,11,13H,2-6,9-10H2,1H3. The summed E-state index contributed by atoms with van der Waals surface area (Å²) in [7, 11) is 1.58. The summed E-state index contributed by atoms with van der Waals surface area (Å²) in [5.74, 6) is 0.598. The number of hydrogen-bond donors (Lipinski definition) is 0. The van der Waals surface area contributed by atoms with Gasteiger partial charge >= 0.3 is 0 Å². The summed E-state index contributed by atoms with van der Waals surface area (Å²) in [5.41, 5.74) is 0.552. The van der Waals surface area contributed by atoms with Gasteiger partial charge in [-0.3, -0.25) is 4.79 Å². The number of carbonyl (C=O) groups is 1. The lowest BCUT2D eigenvalue weighted by molar-refractivity contribution is 0.0648. The van der Waals surface area contributed by atoms with E-state index in [0.29, 0.717) is 28.9 Å². The predicted molar refractivity (Wildman–Crippen MR) is 89.7 cm³/mol. The third-order valence-corrected chi connectivity index (χ3v) is 4.58. The Morgan fingerprint density at radius 3 is 2.71 bits per heavy atom. The molecule has 1 aromatic rings. The molecule has 0 N–H and O–H groups in total. The van der Waals surface area contributed by atoms with Crippen LogP contribution in [0.3, 0.4) is 0 Å².